The number of hydrogen-bond acceptors (Lipinski definition) is 3. The highest BCUT2D eigenvalue weighted by Crippen LogP contribution is 2.30. The molecule has 2 nitrogen and oxygen atoms in total. The highest BCUT2D eigenvalue weighted by molar-refractivity contribution is 7.13. The molecule has 0 radical (unpaired) electrons. The predicted molar refractivity (Wildman–Crippen MR) is 82.1 cm³/mol. The summed E-state index contributed by atoms with van der Waals surface area (Å²) in [6.45, 7) is 1.98. The van der Waals surface area contributed by atoms with Crippen LogP contribution >= 0.6 is 11.3 Å². The van der Waals surface area contributed by atoms with Crippen LogP contribution in [0.2, 0.25) is 0 Å². The van der Waals surface area contributed by atoms with Crippen molar-refractivity contribution in [1.82, 2.24) is 4.98 Å². The zero-order valence-electron chi connectivity index (χ0n) is 10.9. The van der Waals surface area contributed by atoms with Crippen LogP contribution in [0.25, 0.3) is 21.8 Å². The molecule has 0 spiro atoms. The fourth-order valence-electron chi connectivity index (χ4n) is 1.93. The van der Waals surface area contributed by atoms with Crippen molar-refractivity contribution in [2.75, 3.05) is 5.73 Å². The Morgan fingerprint density at radius 3 is 2.45 bits per heavy atom. The molecule has 0 atom stereocenters. The van der Waals surface area contributed by atoms with E-state index in [1.165, 1.54) is 12.1 Å². The van der Waals surface area contributed by atoms with Gasteiger partial charge in [0.05, 0.1) is 5.69 Å². The molecule has 2 aromatic carbocycles. The van der Waals surface area contributed by atoms with Crippen molar-refractivity contribution in [3.63, 3.8) is 0 Å². The van der Waals surface area contributed by atoms with E-state index in [-0.39, 0.29) is 5.82 Å². The number of halogens is 1. The van der Waals surface area contributed by atoms with Gasteiger partial charge in [0, 0.05) is 22.2 Å². The summed E-state index contributed by atoms with van der Waals surface area (Å²) in [5.41, 5.74) is 10.5. The van der Waals surface area contributed by atoms with Gasteiger partial charge in [-0.1, -0.05) is 12.1 Å². The van der Waals surface area contributed by atoms with Crippen LogP contribution in [0.5, 0.6) is 0 Å². The number of hydrogen-bond donors (Lipinski definition) is 1. The van der Waals surface area contributed by atoms with Gasteiger partial charge in [0.25, 0.3) is 0 Å². The molecule has 3 rings (SSSR count). The Kier molecular flexibility index (Phi) is 3.24. The first-order valence-corrected chi connectivity index (χ1v) is 7.09. The molecular weight excluding hydrogens is 271 g/mol. The number of rotatable bonds is 2. The lowest BCUT2D eigenvalue weighted by molar-refractivity contribution is 0.628. The molecule has 1 heterocycles. The average Bonchev–Trinajstić information content (AvgIpc) is 2.92. The Hall–Kier alpha value is -2.20. The van der Waals surface area contributed by atoms with Crippen LogP contribution in [0.1, 0.15) is 5.56 Å². The summed E-state index contributed by atoms with van der Waals surface area (Å²) in [5, 5.41) is 2.88. The van der Waals surface area contributed by atoms with Gasteiger partial charge in [-0.3, -0.25) is 0 Å². The summed E-state index contributed by atoms with van der Waals surface area (Å²) < 4.78 is 12.9. The van der Waals surface area contributed by atoms with Gasteiger partial charge in [-0.2, -0.15) is 0 Å². The number of aromatic nitrogens is 1. The van der Waals surface area contributed by atoms with Crippen molar-refractivity contribution in [3.05, 3.63) is 59.2 Å². The molecule has 0 saturated carbocycles. The van der Waals surface area contributed by atoms with Crippen molar-refractivity contribution >= 4 is 17.0 Å². The predicted octanol–water partition coefficient (Wildman–Crippen LogP) is 4.51. The van der Waals surface area contributed by atoms with E-state index in [1.54, 1.807) is 23.5 Å². The van der Waals surface area contributed by atoms with Crippen LogP contribution < -0.4 is 5.73 Å². The van der Waals surface area contributed by atoms with Gasteiger partial charge < -0.3 is 5.73 Å². The molecule has 0 saturated heterocycles. The van der Waals surface area contributed by atoms with Gasteiger partial charge in [0.15, 0.2) is 0 Å². The minimum Gasteiger partial charge on any atom is -0.398 e. The number of aryl methyl sites for hydroxylation is 1. The fourth-order valence-corrected chi connectivity index (χ4v) is 2.76. The zero-order valence-corrected chi connectivity index (χ0v) is 11.7. The third kappa shape index (κ3) is 2.42. The number of nitrogen functional groups attached to an aromatic ring is 1. The van der Waals surface area contributed by atoms with Crippen LogP contribution in [-0.4, -0.2) is 4.98 Å². The Morgan fingerprint density at radius 1 is 1.05 bits per heavy atom. The summed E-state index contributed by atoms with van der Waals surface area (Å²) in [7, 11) is 0. The molecule has 0 aliphatic heterocycles. The fraction of sp³-hybridized carbons (Fsp3) is 0.0625. The normalized spacial score (nSPS) is 10.7. The molecular formula is C16H13FN2S. The van der Waals surface area contributed by atoms with Crippen LogP contribution in [0, 0.1) is 12.7 Å². The Labute approximate surface area is 120 Å². The van der Waals surface area contributed by atoms with Crippen LogP contribution in [0.3, 0.4) is 0 Å². The smallest absolute Gasteiger partial charge is 0.124 e. The second-order valence-corrected chi connectivity index (χ2v) is 5.47. The van der Waals surface area contributed by atoms with E-state index >= 15 is 0 Å². The maximum atomic E-state index is 12.9. The van der Waals surface area contributed by atoms with Crippen molar-refractivity contribution in [1.29, 1.82) is 0 Å². The lowest BCUT2D eigenvalue weighted by Gasteiger charge is -2.02. The second kappa shape index (κ2) is 5.06. The summed E-state index contributed by atoms with van der Waals surface area (Å²) in [6, 6.07) is 12.3. The Bertz CT molecular complexity index is 747. The largest absolute Gasteiger partial charge is 0.398 e. The lowest BCUT2D eigenvalue weighted by atomic mass is 10.1. The summed E-state index contributed by atoms with van der Waals surface area (Å²) in [4.78, 5) is 4.59. The molecule has 1 aromatic heterocycles. The van der Waals surface area contributed by atoms with Gasteiger partial charge in [-0.25, -0.2) is 9.37 Å². The van der Waals surface area contributed by atoms with Crippen molar-refractivity contribution < 1.29 is 4.39 Å². The zero-order chi connectivity index (χ0) is 14.1. The van der Waals surface area contributed by atoms with Crippen LogP contribution in [0.4, 0.5) is 10.1 Å². The van der Waals surface area contributed by atoms with E-state index in [9.17, 15) is 4.39 Å². The standard InChI is InChI=1S/C16H13FN2S/c1-10-2-3-12(8-14(10)18)16-19-15(9-20-16)11-4-6-13(17)7-5-11/h2-9H,18H2,1H3. The Morgan fingerprint density at radius 2 is 1.75 bits per heavy atom. The number of nitrogens with two attached hydrogens (primary N) is 1. The molecule has 0 aliphatic carbocycles. The SMILES string of the molecule is Cc1ccc(-c2nc(-c3ccc(F)cc3)cs2)cc1N. The number of anilines is 1. The lowest BCUT2D eigenvalue weighted by Crippen LogP contribution is -1.89. The molecule has 0 aliphatic rings. The van der Waals surface area contributed by atoms with Crippen molar-refractivity contribution in [3.8, 4) is 21.8 Å². The molecule has 2 N–H and O–H groups in total. The molecule has 0 amide bonds. The van der Waals surface area contributed by atoms with E-state index in [0.717, 1.165) is 33.1 Å². The topological polar surface area (TPSA) is 38.9 Å². The maximum Gasteiger partial charge on any atom is 0.124 e. The van der Waals surface area contributed by atoms with Gasteiger partial charge in [0.2, 0.25) is 0 Å². The van der Waals surface area contributed by atoms with E-state index in [2.05, 4.69) is 4.98 Å². The quantitative estimate of drug-likeness (QED) is 0.703. The molecule has 4 heteroatoms. The third-order valence-corrected chi connectivity index (χ3v) is 4.06. The third-order valence-electron chi connectivity index (χ3n) is 3.17. The van der Waals surface area contributed by atoms with Gasteiger partial charge in [0.1, 0.15) is 10.8 Å². The highest BCUT2D eigenvalue weighted by Gasteiger charge is 2.07. The first-order valence-electron chi connectivity index (χ1n) is 6.21. The van der Waals surface area contributed by atoms with Crippen LogP contribution in [0.15, 0.2) is 47.8 Å². The van der Waals surface area contributed by atoms with E-state index in [4.69, 9.17) is 5.73 Å². The molecule has 0 unspecified atom stereocenters. The molecule has 0 bridgehead atoms. The highest BCUT2D eigenvalue weighted by atomic mass is 32.1. The van der Waals surface area contributed by atoms with E-state index in [0.29, 0.717) is 0 Å². The number of nitrogens with zero attached hydrogens (tertiary/aromatic N) is 1. The first-order chi connectivity index (χ1) is 9.63. The van der Waals surface area contributed by atoms with Gasteiger partial charge >= 0.3 is 0 Å². The second-order valence-electron chi connectivity index (χ2n) is 4.62. The minimum absolute atomic E-state index is 0.240. The maximum absolute atomic E-state index is 12.9. The number of benzene rings is 2. The van der Waals surface area contributed by atoms with E-state index in [1.807, 2.05) is 30.5 Å². The first kappa shape index (κ1) is 12.8. The Balaban J connectivity index is 1.97. The summed E-state index contributed by atoms with van der Waals surface area (Å²) in [6.07, 6.45) is 0. The summed E-state index contributed by atoms with van der Waals surface area (Å²) >= 11 is 1.56. The van der Waals surface area contributed by atoms with Crippen molar-refractivity contribution in [2.24, 2.45) is 0 Å². The number of thiazole rings is 1. The molecule has 3 aromatic rings. The van der Waals surface area contributed by atoms with Crippen LogP contribution in [-0.2, 0) is 0 Å². The van der Waals surface area contributed by atoms with Gasteiger partial charge in [-0.05, 0) is 42.8 Å². The molecule has 0 fully saturated rings. The average molecular weight is 284 g/mol. The molecule has 100 valence electrons. The monoisotopic (exact) mass is 284 g/mol. The van der Waals surface area contributed by atoms with E-state index < -0.39 is 0 Å². The minimum atomic E-state index is -0.240. The van der Waals surface area contributed by atoms with Gasteiger partial charge in [-0.15, -0.1) is 11.3 Å². The van der Waals surface area contributed by atoms with Crippen molar-refractivity contribution in [2.45, 2.75) is 6.92 Å². The molecule has 20 heavy (non-hydrogen) atoms. The summed E-state index contributed by atoms with van der Waals surface area (Å²) in [5.74, 6) is -0.240.